The third kappa shape index (κ3) is 4.25. The molecule has 0 N–H and O–H groups in total. The van der Waals surface area contributed by atoms with Crippen LogP contribution in [0.15, 0.2) is 54.6 Å². The van der Waals surface area contributed by atoms with E-state index in [1.54, 1.807) is 17.0 Å². The van der Waals surface area contributed by atoms with Crippen LogP contribution in [0.25, 0.3) is 0 Å². The van der Waals surface area contributed by atoms with E-state index in [2.05, 4.69) is 16.8 Å². The number of para-hydroxylation sites is 1. The molecule has 1 aliphatic rings. The highest BCUT2D eigenvalue weighted by molar-refractivity contribution is 6.01. The summed E-state index contributed by atoms with van der Waals surface area (Å²) in [4.78, 5) is 29.7. The summed E-state index contributed by atoms with van der Waals surface area (Å²) in [6, 6.07) is 15.4. The molecule has 0 radical (unpaired) electrons. The summed E-state index contributed by atoms with van der Waals surface area (Å²) < 4.78 is 0. The van der Waals surface area contributed by atoms with E-state index in [0.717, 1.165) is 26.2 Å². The number of amides is 1. The second-order valence-corrected chi connectivity index (χ2v) is 6.42. The fourth-order valence-electron chi connectivity index (χ4n) is 3.03. The lowest BCUT2D eigenvalue weighted by Gasteiger charge is -2.33. The standard InChI is InChI=1S/C19H22N4O3/c1-20-10-12-21(13-11-20)15-19(24)22(16-6-3-2-4-7-16)17-8-5-9-18(14-17)23(25)26/h2-9,14H,10-13,15H2,1H3. The molecular weight excluding hydrogens is 332 g/mol. The lowest BCUT2D eigenvalue weighted by atomic mass is 10.2. The van der Waals surface area contributed by atoms with Gasteiger partial charge in [-0.3, -0.25) is 24.7 Å². The van der Waals surface area contributed by atoms with E-state index in [-0.39, 0.29) is 18.1 Å². The first-order valence-corrected chi connectivity index (χ1v) is 8.58. The van der Waals surface area contributed by atoms with Crippen molar-refractivity contribution in [2.24, 2.45) is 0 Å². The number of benzene rings is 2. The molecular formula is C19H22N4O3. The Morgan fingerprint density at radius 1 is 1.04 bits per heavy atom. The minimum absolute atomic E-state index is 0.0316. The molecule has 26 heavy (non-hydrogen) atoms. The Labute approximate surface area is 152 Å². The average Bonchev–Trinajstić information content (AvgIpc) is 2.65. The second-order valence-electron chi connectivity index (χ2n) is 6.42. The monoisotopic (exact) mass is 354 g/mol. The summed E-state index contributed by atoms with van der Waals surface area (Å²) in [5, 5.41) is 11.1. The van der Waals surface area contributed by atoms with Crippen LogP contribution in [-0.2, 0) is 4.79 Å². The minimum atomic E-state index is -0.447. The number of likely N-dealkylation sites (N-methyl/N-ethyl adjacent to an activating group) is 1. The number of anilines is 2. The molecule has 3 rings (SSSR count). The van der Waals surface area contributed by atoms with Gasteiger partial charge < -0.3 is 4.90 Å². The van der Waals surface area contributed by atoms with Crippen molar-refractivity contribution in [2.75, 3.05) is 44.7 Å². The van der Waals surface area contributed by atoms with Crippen molar-refractivity contribution in [3.63, 3.8) is 0 Å². The van der Waals surface area contributed by atoms with E-state index >= 15 is 0 Å². The summed E-state index contributed by atoms with van der Waals surface area (Å²) in [5.74, 6) is -0.0961. The van der Waals surface area contributed by atoms with Gasteiger partial charge in [-0.1, -0.05) is 24.3 Å². The van der Waals surface area contributed by atoms with E-state index in [1.165, 1.54) is 12.1 Å². The van der Waals surface area contributed by atoms with Crippen LogP contribution in [0.4, 0.5) is 17.1 Å². The molecule has 1 amide bonds. The highest BCUT2D eigenvalue weighted by Gasteiger charge is 2.23. The van der Waals surface area contributed by atoms with Crippen LogP contribution in [0.2, 0.25) is 0 Å². The number of non-ortho nitro benzene ring substituents is 1. The molecule has 0 spiro atoms. The first kappa shape index (κ1) is 18.0. The predicted molar refractivity (Wildman–Crippen MR) is 101 cm³/mol. The van der Waals surface area contributed by atoms with Crippen molar-refractivity contribution in [3.8, 4) is 0 Å². The fraction of sp³-hybridized carbons (Fsp3) is 0.316. The Kier molecular flexibility index (Phi) is 5.60. The van der Waals surface area contributed by atoms with Gasteiger partial charge in [-0.2, -0.15) is 0 Å². The van der Waals surface area contributed by atoms with Crippen LogP contribution in [-0.4, -0.2) is 60.4 Å². The number of nitro groups is 1. The lowest BCUT2D eigenvalue weighted by Crippen LogP contribution is -2.48. The van der Waals surface area contributed by atoms with Gasteiger partial charge >= 0.3 is 0 Å². The van der Waals surface area contributed by atoms with Crippen molar-refractivity contribution in [1.29, 1.82) is 0 Å². The van der Waals surface area contributed by atoms with Crippen molar-refractivity contribution < 1.29 is 9.72 Å². The van der Waals surface area contributed by atoms with E-state index in [4.69, 9.17) is 0 Å². The molecule has 1 aliphatic heterocycles. The van der Waals surface area contributed by atoms with Crippen LogP contribution in [0, 0.1) is 10.1 Å². The van der Waals surface area contributed by atoms with Crippen LogP contribution in [0.3, 0.4) is 0 Å². The molecule has 7 nitrogen and oxygen atoms in total. The quantitative estimate of drug-likeness (QED) is 0.609. The zero-order valence-electron chi connectivity index (χ0n) is 14.7. The van der Waals surface area contributed by atoms with Crippen LogP contribution >= 0.6 is 0 Å². The summed E-state index contributed by atoms with van der Waals surface area (Å²) in [6.07, 6.45) is 0. The molecule has 0 aliphatic carbocycles. The predicted octanol–water partition coefficient (Wildman–Crippen LogP) is 2.51. The molecule has 0 saturated carbocycles. The van der Waals surface area contributed by atoms with Gasteiger partial charge in [0.25, 0.3) is 5.69 Å². The Balaban J connectivity index is 1.88. The zero-order chi connectivity index (χ0) is 18.5. The lowest BCUT2D eigenvalue weighted by molar-refractivity contribution is -0.384. The minimum Gasteiger partial charge on any atom is -0.304 e. The molecule has 1 heterocycles. The van der Waals surface area contributed by atoms with Crippen LogP contribution in [0.5, 0.6) is 0 Å². The SMILES string of the molecule is CN1CCN(CC(=O)N(c2ccccc2)c2cccc([N+](=O)[O-])c2)CC1. The molecule has 7 heteroatoms. The highest BCUT2D eigenvalue weighted by Crippen LogP contribution is 2.28. The Bertz CT molecular complexity index is 773. The second kappa shape index (κ2) is 8.07. The van der Waals surface area contributed by atoms with Gasteiger partial charge in [-0.25, -0.2) is 0 Å². The maximum atomic E-state index is 13.1. The van der Waals surface area contributed by atoms with E-state index in [1.807, 2.05) is 30.3 Å². The molecule has 0 unspecified atom stereocenters. The molecule has 0 bridgehead atoms. The van der Waals surface area contributed by atoms with Gasteiger partial charge in [0.2, 0.25) is 5.91 Å². The van der Waals surface area contributed by atoms with Gasteiger partial charge in [0.05, 0.1) is 17.2 Å². The number of nitro benzene ring substituents is 1. The average molecular weight is 354 g/mol. The van der Waals surface area contributed by atoms with Gasteiger partial charge in [-0.15, -0.1) is 0 Å². The molecule has 1 saturated heterocycles. The zero-order valence-corrected chi connectivity index (χ0v) is 14.7. The summed E-state index contributed by atoms with van der Waals surface area (Å²) >= 11 is 0. The molecule has 0 atom stereocenters. The number of nitrogens with zero attached hydrogens (tertiary/aromatic N) is 4. The number of carbonyl (C=O) groups excluding carboxylic acids is 1. The number of hydrogen-bond donors (Lipinski definition) is 0. The summed E-state index contributed by atoms with van der Waals surface area (Å²) in [6.45, 7) is 3.80. The van der Waals surface area contributed by atoms with Crippen LogP contribution < -0.4 is 4.90 Å². The fourth-order valence-corrected chi connectivity index (χ4v) is 3.03. The Morgan fingerprint density at radius 3 is 2.35 bits per heavy atom. The topological polar surface area (TPSA) is 69.9 Å². The molecule has 2 aromatic carbocycles. The molecule has 0 aromatic heterocycles. The smallest absolute Gasteiger partial charge is 0.271 e. The first-order chi connectivity index (χ1) is 12.5. The maximum Gasteiger partial charge on any atom is 0.271 e. The number of hydrogen-bond acceptors (Lipinski definition) is 5. The Morgan fingerprint density at radius 2 is 1.69 bits per heavy atom. The van der Waals surface area contributed by atoms with E-state index in [9.17, 15) is 14.9 Å². The highest BCUT2D eigenvalue weighted by atomic mass is 16.6. The first-order valence-electron chi connectivity index (χ1n) is 8.58. The van der Waals surface area contributed by atoms with Crippen LogP contribution in [0.1, 0.15) is 0 Å². The van der Waals surface area contributed by atoms with Crippen molar-refractivity contribution in [2.45, 2.75) is 0 Å². The number of piperazine rings is 1. The number of rotatable bonds is 5. The van der Waals surface area contributed by atoms with Crippen molar-refractivity contribution in [1.82, 2.24) is 9.80 Å². The maximum absolute atomic E-state index is 13.1. The number of carbonyl (C=O) groups is 1. The van der Waals surface area contributed by atoms with E-state index < -0.39 is 4.92 Å². The normalized spacial score (nSPS) is 15.6. The molecule has 136 valence electrons. The van der Waals surface area contributed by atoms with Gasteiger partial charge in [0, 0.05) is 44.0 Å². The van der Waals surface area contributed by atoms with Crippen molar-refractivity contribution in [3.05, 3.63) is 64.7 Å². The third-order valence-electron chi connectivity index (χ3n) is 4.52. The third-order valence-corrected chi connectivity index (χ3v) is 4.52. The van der Waals surface area contributed by atoms with Gasteiger partial charge in [-0.05, 0) is 25.2 Å². The molecule has 1 fully saturated rings. The largest absolute Gasteiger partial charge is 0.304 e. The Hall–Kier alpha value is -2.77. The molecule has 2 aromatic rings. The van der Waals surface area contributed by atoms with Gasteiger partial charge in [0.15, 0.2) is 0 Å². The van der Waals surface area contributed by atoms with Gasteiger partial charge in [0.1, 0.15) is 0 Å². The van der Waals surface area contributed by atoms with E-state index in [0.29, 0.717) is 11.4 Å². The summed E-state index contributed by atoms with van der Waals surface area (Å²) in [7, 11) is 2.07. The summed E-state index contributed by atoms with van der Waals surface area (Å²) in [5.41, 5.74) is 1.17. The van der Waals surface area contributed by atoms with Crippen molar-refractivity contribution >= 4 is 23.0 Å².